The quantitative estimate of drug-likeness (QED) is 0.866. The molecule has 0 amide bonds. The highest BCUT2D eigenvalue weighted by atomic mass is 16.5. The molecule has 1 aromatic rings. The summed E-state index contributed by atoms with van der Waals surface area (Å²) in [6, 6.07) is 7.04. The largest absolute Gasteiger partial charge is 0.385 e. The number of ether oxygens (including phenoxy) is 1. The molecule has 2 rings (SSSR count). The maximum Gasteiger partial charge on any atom is 0.0615 e. The predicted octanol–water partition coefficient (Wildman–Crippen LogP) is 2.51. The van der Waals surface area contributed by atoms with Gasteiger partial charge in [-0.15, -0.1) is 0 Å². The van der Waals surface area contributed by atoms with Gasteiger partial charge in [0, 0.05) is 31.9 Å². The van der Waals surface area contributed by atoms with Crippen LogP contribution in [0, 0.1) is 0 Å². The van der Waals surface area contributed by atoms with Crippen LogP contribution in [-0.2, 0) is 17.7 Å². The van der Waals surface area contributed by atoms with E-state index in [0.29, 0.717) is 6.04 Å². The summed E-state index contributed by atoms with van der Waals surface area (Å²) in [5, 5.41) is 3.49. The van der Waals surface area contributed by atoms with Crippen LogP contribution in [0.1, 0.15) is 24.5 Å². The first kappa shape index (κ1) is 13.4. The van der Waals surface area contributed by atoms with Crippen molar-refractivity contribution in [3.05, 3.63) is 29.3 Å². The molecule has 0 bridgehead atoms. The van der Waals surface area contributed by atoms with E-state index >= 15 is 0 Å². The van der Waals surface area contributed by atoms with Crippen molar-refractivity contribution in [2.45, 2.75) is 32.4 Å². The maximum absolute atomic E-state index is 5.22. The first-order valence-electron chi connectivity index (χ1n) is 6.76. The second kappa shape index (κ2) is 6.21. The number of methoxy groups -OCH3 is 1. The minimum Gasteiger partial charge on any atom is -0.385 e. The van der Waals surface area contributed by atoms with Crippen LogP contribution in [0.3, 0.4) is 0 Å². The molecule has 0 aromatic heterocycles. The molecule has 0 radical (unpaired) electrons. The summed E-state index contributed by atoms with van der Waals surface area (Å²) >= 11 is 0. The topological polar surface area (TPSA) is 24.5 Å². The predicted molar refractivity (Wildman–Crippen MR) is 76.1 cm³/mol. The molecule has 18 heavy (non-hydrogen) atoms. The first-order chi connectivity index (χ1) is 8.72. The Morgan fingerprint density at radius 1 is 1.44 bits per heavy atom. The fourth-order valence-electron chi connectivity index (χ4n) is 2.52. The van der Waals surface area contributed by atoms with Crippen molar-refractivity contribution in [1.82, 2.24) is 4.90 Å². The summed E-state index contributed by atoms with van der Waals surface area (Å²) in [6.07, 6.45) is 2.44. The Bertz CT molecular complexity index is 392. The molecule has 0 saturated carbocycles. The lowest BCUT2D eigenvalue weighted by Crippen LogP contribution is -2.32. The van der Waals surface area contributed by atoms with Crippen LogP contribution in [0.5, 0.6) is 0 Å². The molecule has 1 N–H and O–H groups in total. The van der Waals surface area contributed by atoms with E-state index in [4.69, 9.17) is 4.74 Å². The number of hydrogen-bond acceptors (Lipinski definition) is 3. The van der Waals surface area contributed by atoms with Gasteiger partial charge in [-0.3, -0.25) is 4.90 Å². The van der Waals surface area contributed by atoms with Crippen LogP contribution in [0.4, 0.5) is 5.69 Å². The van der Waals surface area contributed by atoms with E-state index in [9.17, 15) is 0 Å². The number of nitrogens with one attached hydrogen (secondary N) is 1. The average molecular weight is 248 g/mol. The number of likely N-dealkylation sites (N-methyl/N-ethyl adjacent to an activating group) is 1. The summed E-state index contributed by atoms with van der Waals surface area (Å²) in [5.41, 5.74) is 4.27. The molecular weight excluding hydrogens is 224 g/mol. The molecule has 1 heterocycles. The van der Waals surface area contributed by atoms with Gasteiger partial charge in [-0.2, -0.15) is 0 Å². The Hall–Kier alpha value is -1.06. The normalized spacial score (nSPS) is 16.2. The van der Waals surface area contributed by atoms with Gasteiger partial charge in [0.15, 0.2) is 0 Å². The molecule has 1 aliphatic rings. The highest BCUT2D eigenvalue weighted by Gasteiger charge is 2.15. The molecule has 1 unspecified atom stereocenters. The summed E-state index contributed by atoms with van der Waals surface area (Å²) in [7, 11) is 3.93. The molecule has 3 heteroatoms. The van der Waals surface area contributed by atoms with Crippen molar-refractivity contribution in [2.24, 2.45) is 0 Å². The third kappa shape index (κ3) is 3.03. The van der Waals surface area contributed by atoms with Crippen molar-refractivity contribution in [1.29, 1.82) is 0 Å². The Kier molecular flexibility index (Phi) is 4.61. The van der Waals surface area contributed by atoms with Crippen molar-refractivity contribution in [3.63, 3.8) is 0 Å². The van der Waals surface area contributed by atoms with E-state index in [1.165, 1.54) is 29.7 Å². The van der Waals surface area contributed by atoms with Gasteiger partial charge in [-0.25, -0.2) is 0 Å². The fourth-order valence-corrected chi connectivity index (χ4v) is 2.52. The smallest absolute Gasteiger partial charge is 0.0615 e. The average Bonchev–Trinajstić information content (AvgIpc) is 2.39. The third-order valence-electron chi connectivity index (χ3n) is 3.77. The van der Waals surface area contributed by atoms with Crippen LogP contribution in [0.25, 0.3) is 0 Å². The Balaban J connectivity index is 2.09. The van der Waals surface area contributed by atoms with Crippen LogP contribution in [0.2, 0.25) is 0 Å². The van der Waals surface area contributed by atoms with Crippen molar-refractivity contribution in [3.8, 4) is 0 Å². The van der Waals surface area contributed by atoms with Gasteiger partial charge >= 0.3 is 0 Å². The Morgan fingerprint density at radius 3 is 3.06 bits per heavy atom. The second-order valence-corrected chi connectivity index (χ2v) is 5.19. The standard InChI is InChI=1S/C15H24N2O/c1-12(11-18-3)17(2)10-13-6-4-8-15-14(13)7-5-9-16-15/h4,6,8,12,16H,5,7,9-11H2,1-3H3. The number of hydrogen-bond donors (Lipinski definition) is 1. The van der Waals surface area contributed by atoms with Crippen molar-refractivity contribution >= 4 is 5.69 Å². The van der Waals surface area contributed by atoms with E-state index in [-0.39, 0.29) is 0 Å². The highest BCUT2D eigenvalue weighted by molar-refractivity contribution is 5.56. The molecule has 1 aliphatic heterocycles. The summed E-state index contributed by atoms with van der Waals surface area (Å²) < 4.78 is 5.22. The zero-order valence-electron chi connectivity index (χ0n) is 11.7. The van der Waals surface area contributed by atoms with Crippen LogP contribution < -0.4 is 5.32 Å². The van der Waals surface area contributed by atoms with Gasteiger partial charge < -0.3 is 10.1 Å². The minimum atomic E-state index is 0.447. The Morgan fingerprint density at radius 2 is 2.28 bits per heavy atom. The zero-order chi connectivity index (χ0) is 13.0. The minimum absolute atomic E-state index is 0.447. The van der Waals surface area contributed by atoms with E-state index in [1.54, 1.807) is 7.11 Å². The zero-order valence-corrected chi connectivity index (χ0v) is 11.7. The number of rotatable bonds is 5. The molecular formula is C15H24N2O. The monoisotopic (exact) mass is 248 g/mol. The van der Waals surface area contributed by atoms with Crippen molar-refractivity contribution in [2.75, 3.05) is 32.6 Å². The molecule has 0 spiro atoms. The Labute approximate surface area is 110 Å². The number of benzene rings is 1. The summed E-state index contributed by atoms with van der Waals surface area (Å²) in [4.78, 5) is 2.35. The third-order valence-corrected chi connectivity index (χ3v) is 3.77. The van der Waals surface area contributed by atoms with E-state index in [2.05, 4.69) is 42.4 Å². The lowest BCUT2D eigenvalue weighted by Gasteiger charge is -2.27. The fraction of sp³-hybridized carbons (Fsp3) is 0.600. The van der Waals surface area contributed by atoms with E-state index in [1.807, 2.05) is 0 Å². The SMILES string of the molecule is COCC(C)N(C)Cc1cccc2c1CCCN2. The van der Waals surface area contributed by atoms with E-state index in [0.717, 1.165) is 19.7 Å². The lowest BCUT2D eigenvalue weighted by molar-refractivity contribution is 0.112. The van der Waals surface area contributed by atoms with Gasteiger partial charge in [0.2, 0.25) is 0 Å². The van der Waals surface area contributed by atoms with E-state index < -0.39 is 0 Å². The number of nitrogens with zero attached hydrogens (tertiary/aromatic N) is 1. The summed E-state index contributed by atoms with van der Waals surface area (Å²) in [6.45, 7) is 5.09. The molecule has 1 aromatic carbocycles. The number of fused-ring (bicyclic) bond motifs is 1. The highest BCUT2D eigenvalue weighted by Crippen LogP contribution is 2.26. The molecule has 0 aliphatic carbocycles. The van der Waals surface area contributed by atoms with Gasteiger partial charge in [0.25, 0.3) is 0 Å². The summed E-state index contributed by atoms with van der Waals surface area (Å²) in [5.74, 6) is 0. The molecule has 0 saturated heterocycles. The first-order valence-corrected chi connectivity index (χ1v) is 6.76. The maximum atomic E-state index is 5.22. The molecule has 3 nitrogen and oxygen atoms in total. The van der Waals surface area contributed by atoms with Crippen molar-refractivity contribution < 1.29 is 4.74 Å². The molecule has 100 valence electrons. The second-order valence-electron chi connectivity index (χ2n) is 5.19. The van der Waals surface area contributed by atoms with Crippen LogP contribution in [0.15, 0.2) is 18.2 Å². The number of anilines is 1. The van der Waals surface area contributed by atoms with Gasteiger partial charge in [-0.1, -0.05) is 12.1 Å². The van der Waals surface area contributed by atoms with Crippen LogP contribution >= 0.6 is 0 Å². The van der Waals surface area contributed by atoms with Gasteiger partial charge in [-0.05, 0) is 44.0 Å². The van der Waals surface area contributed by atoms with Crippen LogP contribution in [-0.4, -0.2) is 38.3 Å². The van der Waals surface area contributed by atoms with Gasteiger partial charge in [0.1, 0.15) is 0 Å². The molecule has 1 atom stereocenters. The van der Waals surface area contributed by atoms with Gasteiger partial charge in [0.05, 0.1) is 6.61 Å². The molecule has 0 fully saturated rings. The lowest BCUT2D eigenvalue weighted by atomic mass is 9.97.